The maximum Gasteiger partial charge on any atom is 0.324 e. The second kappa shape index (κ2) is 6.40. The smallest absolute Gasteiger partial charge is 0.306 e. The van der Waals surface area contributed by atoms with Crippen molar-refractivity contribution < 1.29 is 13.2 Å². The molecule has 8 nitrogen and oxygen atoms in total. The van der Waals surface area contributed by atoms with Gasteiger partial charge in [-0.15, -0.1) is 0 Å². The van der Waals surface area contributed by atoms with Crippen LogP contribution in [0.1, 0.15) is 11.3 Å². The number of benzene rings is 1. The summed E-state index contributed by atoms with van der Waals surface area (Å²) >= 11 is 11.9. The first-order valence-electron chi connectivity index (χ1n) is 6.75. The van der Waals surface area contributed by atoms with E-state index in [0.717, 1.165) is 0 Å². The molecule has 128 valence electrons. The summed E-state index contributed by atoms with van der Waals surface area (Å²) in [5, 5.41) is 14.3. The Morgan fingerprint density at radius 2 is 2.08 bits per heavy atom. The molecule has 0 fully saturated rings. The number of carbonyl (C=O) groups is 1. The van der Waals surface area contributed by atoms with E-state index in [-0.39, 0.29) is 38.7 Å². The van der Waals surface area contributed by atoms with Gasteiger partial charge in [-0.25, -0.2) is 18.2 Å². The van der Waals surface area contributed by atoms with E-state index in [1.165, 1.54) is 6.07 Å². The minimum atomic E-state index is -3.57. The molecule has 25 heavy (non-hydrogen) atoms. The summed E-state index contributed by atoms with van der Waals surface area (Å²) in [6.45, 7) is 0. The van der Waals surface area contributed by atoms with E-state index in [0.29, 0.717) is 5.56 Å². The van der Waals surface area contributed by atoms with Gasteiger partial charge in [0.05, 0.1) is 27.2 Å². The average molecular weight is 398 g/mol. The fraction of sp³-hybridized carbons (Fsp3) is 0.0714. The molecular weight excluding hydrogens is 389 g/mol. The van der Waals surface area contributed by atoms with Crippen LogP contribution in [-0.2, 0) is 15.8 Å². The Morgan fingerprint density at radius 1 is 1.32 bits per heavy atom. The van der Waals surface area contributed by atoms with Gasteiger partial charge in [0.15, 0.2) is 5.82 Å². The monoisotopic (exact) mass is 397 g/mol. The molecule has 1 aliphatic heterocycles. The number of hydrogen-bond acceptors (Lipinski definition) is 5. The SMILES string of the molecule is N#Cc1cc2c(c(NC(=O)Nc3cccc(Cl)c3Cl)n1)NS(=O)(=O)C2. The largest absolute Gasteiger partial charge is 0.324 e. The zero-order valence-corrected chi connectivity index (χ0v) is 14.6. The fourth-order valence-corrected chi connectivity index (χ4v) is 3.83. The topological polar surface area (TPSA) is 124 Å². The van der Waals surface area contributed by atoms with Crippen LogP contribution in [0.3, 0.4) is 0 Å². The molecule has 0 unspecified atom stereocenters. The van der Waals surface area contributed by atoms with E-state index >= 15 is 0 Å². The van der Waals surface area contributed by atoms with Gasteiger partial charge in [-0.3, -0.25) is 10.0 Å². The van der Waals surface area contributed by atoms with Crippen LogP contribution in [0.25, 0.3) is 0 Å². The minimum Gasteiger partial charge on any atom is -0.306 e. The number of hydrogen-bond donors (Lipinski definition) is 3. The lowest BCUT2D eigenvalue weighted by Gasteiger charge is -2.11. The first-order chi connectivity index (χ1) is 11.8. The number of halogens is 2. The second-order valence-electron chi connectivity index (χ2n) is 5.04. The maximum absolute atomic E-state index is 12.2. The second-order valence-corrected chi connectivity index (χ2v) is 7.55. The van der Waals surface area contributed by atoms with E-state index < -0.39 is 16.1 Å². The molecule has 0 saturated heterocycles. The third-order valence-electron chi connectivity index (χ3n) is 3.25. The van der Waals surface area contributed by atoms with Crippen LogP contribution in [0.5, 0.6) is 0 Å². The quantitative estimate of drug-likeness (QED) is 0.717. The van der Waals surface area contributed by atoms with Crippen molar-refractivity contribution in [3.63, 3.8) is 0 Å². The summed E-state index contributed by atoms with van der Waals surface area (Å²) in [7, 11) is -3.57. The molecule has 1 aliphatic rings. The molecule has 11 heteroatoms. The van der Waals surface area contributed by atoms with Crippen LogP contribution in [0, 0.1) is 11.3 Å². The molecule has 2 amide bonds. The Balaban J connectivity index is 1.89. The lowest BCUT2D eigenvalue weighted by molar-refractivity contribution is 0.262. The van der Waals surface area contributed by atoms with Gasteiger partial charge in [0.25, 0.3) is 0 Å². The van der Waals surface area contributed by atoms with Crippen molar-refractivity contribution in [3.8, 4) is 6.07 Å². The number of rotatable bonds is 2. The van der Waals surface area contributed by atoms with Gasteiger partial charge in [-0.05, 0) is 23.8 Å². The lowest BCUT2D eigenvalue weighted by Crippen LogP contribution is -2.21. The number of amides is 2. The predicted molar refractivity (Wildman–Crippen MR) is 94.3 cm³/mol. The van der Waals surface area contributed by atoms with Crippen molar-refractivity contribution in [3.05, 3.63) is 45.6 Å². The molecule has 0 saturated carbocycles. The van der Waals surface area contributed by atoms with E-state index in [1.807, 2.05) is 6.07 Å². The molecule has 0 spiro atoms. The fourth-order valence-electron chi connectivity index (χ4n) is 2.23. The van der Waals surface area contributed by atoms with Crippen molar-refractivity contribution in [2.24, 2.45) is 0 Å². The first-order valence-corrected chi connectivity index (χ1v) is 9.16. The number of urea groups is 1. The van der Waals surface area contributed by atoms with Gasteiger partial charge in [0, 0.05) is 0 Å². The van der Waals surface area contributed by atoms with E-state index in [2.05, 4.69) is 20.3 Å². The molecule has 2 heterocycles. The summed E-state index contributed by atoms with van der Waals surface area (Å²) in [5.41, 5.74) is 0.725. The van der Waals surface area contributed by atoms with Gasteiger partial charge in [0.2, 0.25) is 10.0 Å². The number of nitrogens with zero attached hydrogens (tertiary/aromatic N) is 2. The van der Waals surface area contributed by atoms with Crippen molar-refractivity contribution in [1.82, 2.24) is 4.98 Å². The van der Waals surface area contributed by atoms with Gasteiger partial charge in [-0.2, -0.15) is 5.26 Å². The summed E-state index contributed by atoms with van der Waals surface area (Å²) < 4.78 is 25.7. The molecule has 1 aromatic heterocycles. The molecule has 0 aliphatic carbocycles. The standard InChI is InChI=1S/C14H9Cl2N5O3S/c15-9-2-1-3-10(11(9)16)19-14(22)20-13-12-7(4-8(5-17)18-13)6-25(23,24)21-12/h1-4,21H,6H2,(H2,18,19,20,22). The summed E-state index contributed by atoms with van der Waals surface area (Å²) in [6, 6.07) is 7.15. The highest BCUT2D eigenvalue weighted by molar-refractivity contribution is 7.92. The molecule has 3 rings (SSSR count). The lowest BCUT2D eigenvalue weighted by atomic mass is 10.2. The molecule has 2 aromatic rings. The summed E-state index contributed by atoms with van der Waals surface area (Å²) in [5.74, 6) is -0.374. The molecule has 0 atom stereocenters. The highest BCUT2D eigenvalue weighted by Crippen LogP contribution is 2.34. The van der Waals surface area contributed by atoms with Crippen molar-refractivity contribution in [2.75, 3.05) is 15.4 Å². The van der Waals surface area contributed by atoms with E-state index in [9.17, 15) is 13.2 Å². The number of pyridine rings is 1. The van der Waals surface area contributed by atoms with Crippen LogP contribution < -0.4 is 15.4 Å². The van der Waals surface area contributed by atoms with Gasteiger partial charge < -0.3 is 5.32 Å². The van der Waals surface area contributed by atoms with Crippen LogP contribution in [0.2, 0.25) is 10.0 Å². The summed E-state index contributed by atoms with van der Waals surface area (Å²) in [6.07, 6.45) is 0. The Bertz CT molecular complexity index is 1030. The number of sulfonamides is 1. The third-order valence-corrected chi connectivity index (χ3v) is 5.28. The third kappa shape index (κ3) is 3.61. The number of anilines is 3. The first kappa shape index (κ1) is 17.3. The maximum atomic E-state index is 12.2. The molecule has 1 aromatic carbocycles. The molecular formula is C14H9Cl2N5O3S. The Kier molecular flexibility index (Phi) is 4.43. The average Bonchev–Trinajstić information content (AvgIpc) is 2.86. The number of nitriles is 1. The highest BCUT2D eigenvalue weighted by atomic mass is 35.5. The molecule has 0 radical (unpaired) electrons. The van der Waals surface area contributed by atoms with E-state index in [1.54, 1.807) is 18.2 Å². The molecule has 3 N–H and O–H groups in total. The van der Waals surface area contributed by atoms with Crippen LogP contribution >= 0.6 is 23.2 Å². The van der Waals surface area contributed by atoms with Gasteiger partial charge in [-0.1, -0.05) is 29.3 Å². The molecule has 0 bridgehead atoms. The van der Waals surface area contributed by atoms with Crippen molar-refractivity contribution in [1.29, 1.82) is 5.26 Å². The minimum absolute atomic E-state index is 0.0197. The van der Waals surface area contributed by atoms with Gasteiger partial charge in [0.1, 0.15) is 11.8 Å². The Labute approximate surface area is 152 Å². The number of carbonyl (C=O) groups excluding carboxylic acids is 1. The van der Waals surface area contributed by atoms with Crippen molar-refractivity contribution in [2.45, 2.75) is 5.75 Å². The van der Waals surface area contributed by atoms with Gasteiger partial charge >= 0.3 is 6.03 Å². The normalized spacial score (nSPS) is 14.1. The zero-order valence-electron chi connectivity index (χ0n) is 12.3. The van der Waals surface area contributed by atoms with Crippen LogP contribution in [-0.4, -0.2) is 19.4 Å². The highest BCUT2D eigenvalue weighted by Gasteiger charge is 2.28. The number of fused-ring (bicyclic) bond motifs is 1. The van der Waals surface area contributed by atoms with Crippen LogP contribution in [0.15, 0.2) is 24.3 Å². The van der Waals surface area contributed by atoms with E-state index in [4.69, 9.17) is 28.5 Å². The number of aromatic nitrogens is 1. The summed E-state index contributed by atoms with van der Waals surface area (Å²) in [4.78, 5) is 16.1. The Hall–Kier alpha value is -2.54. The number of nitrogens with one attached hydrogen (secondary N) is 3. The van der Waals surface area contributed by atoms with Crippen LogP contribution in [0.4, 0.5) is 22.0 Å². The zero-order chi connectivity index (χ0) is 18.2. The Morgan fingerprint density at radius 3 is 2.80 bits per heavy atom. The van der Waals surface area contributed by atoms with Crippen molar-refractivity contribution >= 4 is 56.4 Å². The predicted octanol–water partition coefficient (Wildman–Crippen LogP) is 3.16.